The van der Waals surface area contributed by atoms with Crippen molar-refractivity contribution >= 4 is 29.3 Å². The minimum absolute atomic E-state index is 0.174. The Hall–Kier alpha value is -4.34. The van der Waals surface area contributed by atoms with E-state index in [1.54, 1.807) is 41.3 Å². The first-order valence-corrected chi connectivity index (χ1v) is 11.5. The van der Waals surface area contributed by atoms with Gasteiger partial charge in [0.1, 0.15) is 6.04 Å². The van der Waals surface area contributed by atoms with Crippen LogP contribution in [0, 0.1) is 0 Å². The summed E-state index contributed by atoms with van der Waals surface area (Å²) in [5.74, 6) is -0.745. The third-order valence-electron chi connectivity index (χ3n) is 6.04. The zero-order chi connectivity index (χ0) is 26.6. The third-order valence-corrected chi connectivity index (χ3v) is 6.04. The van der Waals surface area contributed by atoms with E-state index < -0.39 is 29.8 Å². The van der Waals surface area contributed by atoms with Crippen LogP contribution in [0.1, 0.15) is 28.8 Å². The van der Waals surface area contributed by atoms with E-state index in [-0.39, 0.29) is 11.6 Å². The van der Waals surface area contributed by atoms with Gasteiger partial charge >= 0.3 is 18.2 Å². The van der Waals surface area contributed by atoms with Crippen LogP contribution in [-0.2, 0) is 15.7 Å². The van der Waals surface area contributed by atoms with Gasteiger partial charge in [0, 0.05) is 17.9 Å². The predicted molar refractivity (Wildman–Crippen MR) is 132 cm³/mol. The monoisotopic (exact) mass is 511 g/mol. The lowest BCUT2D eigenvalue weighted by molar-refractivity contribution is -0.137. The van der Waals surface area contributed by atoms with E-state index in [1.165, 1.54) is 7.11 Å². The number of alkyl halides is 3. The van der Waals surface area contributed by atoms with Crippen molar-refractivity contribution in [3.8, 4) is 11.1 Å². The molecule has 3 aromatic rings. The summed E-state index contributed by atoms with van der Waals surface area (Å²) >= 11 is 0. The Balaban J connectivity index is 1.42. The van der Waals surface area contributed by atoms with Gasteiger partial charge in [-0.2, -0.15) is 13.2 Å². The van der Waals surface area contributed by atoms with Gasteiger partial charge in [0.2, 0.25) is 5.91 Å². The van der Waals surface area contributed by atoms with E-state index in [4.69, 9.17) is 4.74 Å². The average Bonchev–Trinajstić information content (AvgIpc) is 2.89. The summed E-state index contributed by atoms with van der Waals surface area (Å²) in [5, 5.41) is 5.07. The minimum atomic E-state index is -4.47. The molecular formula is C27H24F3N3O4. The molecule has 3 amide bonds. The molecule has 37 heavy (non-hydrogen) atoms. The van der Waals surface area contributed by atoms with Crippen molar-refractivity contribution in [2.45, 2.75) is 25.1 Å². The van der Waals surface area contributed by atoms with E-state index in [0.29, 0.717) is 36.2 Å². The molecule has 0 saturated carbocycles. The summed E-state index contributed by atoms with van der Waals surface area (Å²) < 4.78 is 43.0. The molecule has 4 rings (SSSR count). The van der Waals surface area contributed by atoms with Gasteiger partial charge in [-0.1, -0.05) is 30.3 Å². The van der Waals surface area contributed by atoms with Crippen LogP contribution in [0.3, 0.4) is 0 Å². The molecule has 1 saturated heterocycles. The number of ether oxygens (including phenoxy) is 1. The second kappa shape index (κ2) is 10.7. The minimum Gasteiger partial charge on any atom is -0.465 e. The third kappa shape index (κ3) is 5.91. The Bertz CT molecular complexity index is 1290. The topological polar surface area (TPSA) is 87.7 Å². The number of hydrogen-bond acceptors (Lipinski definition) is 4. The highest BCUT2D eigenvalue weighted by atomic mass is 19.4. The Kier molecular flexibility index (Phi) is 7.47. The first-order chi connectivity index (χ1) is 17.7. The highest BCUT2D eigenvalue weighted by Gasteiger charge is 2.32. The molecule has 1 aliphatic rings. The number of urea groups is 1. The zero-order valence-electron chi connectivity index (χ0n) is 19.8. The smallest absolute Gasteiger partial charge is 0.416 e. The van der Waals surface area contributed by atoms with Crippen molar-refractivity contribution in [2.24, 2.45) is 0 Å². The molecule has 10 heteroatoms. The van der Waals surface area contributed by atoms with Gasteiger partial charge < -0.3 is 20.3 Å². The first kappa shape index (κ1) is 25.7. The number of halogens is 3. The number of nitrogens with one attached hydrogen (secondary N) is 2. The molecule has 0 aromatic heterocycles. The molecule has 0 aliphatic carbocycles. The van der Waals surface area contributed by atoms with Crippen molar-refractivity contribution in [1.82, 2.24) is 5.32 Å². The average molecular weight is 512 g/mol. The van der Waals surface area contributed by atoms with Crippen molar-refractivity contribution in [3.63, 3.8) is 0 Å². The number of anilines is 2. The molecule has 0 spiro atoms. The molecule has 1 heterocycles. The van der Waals surface area contributed by atoms with E-state index in [9.17, 15) is 27.6 Å². The molecule has 1 atom stereocenters. The lowest BCUT2D eigenvalue weighted by atomic mass is 9.98. The second-order valence-corrected chi connectivity index (χ2v) is 8.44. The number of carbonyl (C=O) groups excluding carboxylic acids is 3. The van der Waals surface area contributed by atoms with Gasteiger partial charge in [-0.25, -0.2) is 9.59 Å². The second-order valence-electron chi connectivity index (χ2n) is 8.44. The molecule has 192 valence electrons. The van der Waals surface area contributed by atoms with Crippen LogP contribution in [0.4, 0.5) is 29.3 Å². The number of amides is 3. The molecule has 1 aliphatic heterocycles. The number of carbonyl (C=O) groups is 3. The van der Waals surface area contributed by atoms with E-state index in [2.05, 4.69) is 10.6 Å². The van der Waals surface area contributed by atoms with Gasteiger partial charge in [0.25, 0.3) is 0 Å². The standard InChI is InChI=1S/C27H24F3N3O4/c1-37-25(35)22-6-3-2-5-21(22)17-8-14-20(15-9-17)33-16-4-7-23(24(33)34)32-26(36)31-19-12-10-18(11-13-19)27(28,29)30/h2-3,5-6,8-15,23H,4,7,16H2,1H3,(H2,31,32,36). The summed E-state index contributed by atoms with van der Waals surface area (Å²) in [7, 11) is 1.32. The fourth-order valence-electron chi connectivity index (χ4n) is 4.18. The van der Waals surface area contributed by atoms with Crippen LogP contribution in [0.5, 0.6) is 0 Å². The summed E-state index contributed by atoms with van der Waals surface area (Å²) in [4.78, 5) is 39.2. The van der Waals surface area contributed by atoms with Crippen molar-refractivity contribution in [3.05, 3.63) is 83.9 Å². The Labute approximate surface area is 211 Å². The highest BCUT2D eigenvalue weighted by Crippen LogP contribution is 2.30. The fourth-order valence-corrected chi connectivity index (χ4v) is 4.18. The van der Waals surface area contributed by atoms with Crippen molar-refractivity contribution in [2.75, 3.05) is 23.9 Å². The first-order valence-electron chi connectivity index (χ1n) is 11.5. The van der Waals surface area contributed by atoms with Crippen LogP contribution in [0.25, 0.3) is 11.1 Å². The number of hydrogen-bond donors (Lipinski definition) is 2. The summed E-state index contributed by atoms with van der Waals surface area (Å²) in [6.45, 7) is 0.468. The Morgan fingerprint density at radius 3 is 2.30 bits per heavy atom. The number of piperidine rings is 1. The van der Waals surface area contributed by atoms with Gasteiger partial charge in [-0.15, -0.1) is 0 Å². The van der Waals surface area contributed by atoms with Gasteiger partial charge in [0.05, 0.1) is 18.2 Å². The maximum atomic E-state index is 13.1. The Morgan fingerprint density at radius 1 is 0.973 bits per heavy atom. The lowest BCUT2D eigenvalue weighted by Gasteiger charge is -2.32. The maximum Gasteiger partial charge on any atom is 0.416 e. The van der Waals surface area contributed by atoms with Crippen LogP contribution < -0.4 is 15.5 Å². The van der Waals surface area contributed by atoms with Crippen molar-refractivity contribution < 1.29 is 32.3 Å². The summed E-state index contributed by atoms with van der Waals surface area (Å²) in [5.41, 5.74) is 1.89. The normalized spacial score (nSPS) is 15.7. The van der Waals surface area contributed by atoms with Crippen LogP contribution >= 0.6 is 0 Å². The lowest BCUT2D eigenvalue weighted by Crippen LogP contribution is -2.53. The largest absolute Gasteiger partial charge is 0.465 e. The van der Waals surface area contributed by atoms with Gasteiger partial charge in [0.15, 0.2) is 0 Å². The van der Waals surface area contributed by atoms with Gasteiger partial charge in [-0.3, -0.25) is 4.79 Å². The zero-order valence-corrected chi connectivity index (χ0v) is 19.8. The molecule has 1 unspecified atom stereocenters. The molecule has 7 nitrogen and oxygen atoms in total. The number of rotatable bonds is 5. The van der Waals surface area contributed by atoms with E-state index >= 15 is 0 Å². The Morgan fingerprint density at radius 2 is 1.65 bits per heavy atom. The predicted octanol–water partition coefficient (Wildman–Crippen LogP) is 5.48. The van der Waals surface area contributed by atoms with Crippen LogP contribution in [0.2, 0.25) is 0 Å². The number of esters is 1. The fraction of sp³-hybridized carbons (Fsp3) is 0.222. The maximum absolute atomic E-state index is 13.1. The molecule has 0 radical (unpaired) electrons. The molecule has 0 bridgehead atoms. The molecule has 2 N–H and O–H groups in total. The summed E-state index contributed by atoms with van der Waals surface area (Å²) in [6.07, 6.45) is -3.40. The van der Waals surface area contributed by atoms with E-state index in [1.807, 2.05) is 12.1 Å². The molecular weight excluding hydrogens is 487 g/mol. The highest BCUT2D eigenvalue weighted by molar-refractivity contribution is 6.02. The molecule has 1 fully saturated rings. The quantitative estimate of drug-likeness (QED) is 0.445. The van der Waals surface area contributed by atoms with Crippen molar-refractivity contribution in [1.29, 1.82) is 0 Å². The molecule has 3 aromatic carbocycles. The SMILES string of the molecule is COC(=O)c1ccccc1-c1ccc(N2CCCC(NC(=O)Nc3ccc(C(F)(F)F)cc3)C2=O)cc1. The summed E-state index contributed by atoms with van der Waals surface area (Å²) in [6, 6.07) is 16.8. The van der Waals surface area contributed by atoms with E-state index in [0.717, 1.165) is 29.8 Å². The van der Waals surface area contributed by atoms with Gasteiger partial charge in [-0.05, 0) is 66.4 Å². The number of methoxy groups -OCH3 is 1. The number of benzene rings is 3. The van der Waals surface area contributed by atoms with Crippen LogP contribution in [-0.4, -0.2) is 37.6 Å². The number of nitrogens with zero attached hydrogens (tertiary/aromatic N) is 1. The van der Waals surface area contributed by atoms with Crippen LogP contribution in [0.15, 0.2) is 72.8 Å².